The van der Waals surface area contributed by atoms with Crippen LogP contribution in [-0.4, -0.2) is 47.9 Å². The van der Waals surface area contributed by atoms with E-state index >= 15 is 0 Å². The number of ether oxygens (including phenoxy) is 2. The molecule has 0 fully saturated rings. The smallest absolute Gasteiger partial charge is 0.296 e. The van der Waals surface area contributed by atoms with Gasteiger partial charge in [0.1, 0.15) is 18.5 Å². The standard InChI is InChI=1S/C29H28N4O6S/c1-19(2)39-18-26-32-28(34)27(29(35)33(26)25(17-38-3)21-7-5-4-6-8-21)40(36,37)23-11-9-20(10-12-23)24-13-14-31-16-22(24)15-30/h4-14,16,19,25,35H,17-18H2,1-3H3/t25-/m0/s1. The fourth-order valence-electron chi connectivity index (χ4n) is 4.27. The van der Waals surface area contributed by atoms with Crippen LogP contribution in [-0.2, 0) is 25.9 Å². The lowest BCUT2D eigenvalue weighted by Gasteiger charge is -2.25. The summed E-state index contributed by atoms with van der Waals surface area (Å²) in [5.74, 6) is -0.712. The Morgan fingerprint density at radius 1 is 1.07 bits per heavy atom. The van der Waals surface area contributed by atoms with E-state index in [1.807, 2.05) is 6.07 Å². The normalized spacial score (nSPS) is 12.3. The highest BCUT2D eigenvalue weighted by molar-refractivity contribution is 7.91. The Morgan fingerprint density at radius 2 is 1.77 bits per heavy atom. The second kappa shape index (κ2) is 12.2. The molecule has 0 spiro atoms. The second-order valence-corrected chi connectivity index (χ2v) is 11.0. The molecule has 0 aliphatic carbocycles. The fourth-order valence-corrected chi connectivity index (χ4v) is 5.62. The van der Waals surface area contributed by atoms with Gasteiger partial charge >= 0.3 is 0 Å². The zero-order chi connectivity index (χ0) is 28.9. The van der Waals surface area contributed by atoms with Crippen molar-refractivity contribution in [3.05, 3.63) is 100 Å². The third-order valence-electron chi connectivity index (χ3n) is 6.19. The van der Waals surface area contributed by atoms with E-state index in [4.69, 9.17) is 9.47 Å². The molecule has 2 aromatic heterocycles. The summed E-state index contributed by atoms with van der Waals surface area (Å²) < 4.78 is 39.9. The highest BCUT2D eigenvalue weighted by Crippen LogP contribution is 2.33. The van der Waals surface area contributed by atoms with Crippen LogP contribution < -0.4 is 5.56 Å². The first-order valence-electron chi connectivity index (χ1n) is 12.4. The van der Waals surface area contributed by atoms with Crippen molar-refractivity contribution in [3.63, 3.8) is 0 Å². The van der Waals surface area contributed by atoms with Crippen LogP contribution >= 0.6 is 0 Å². The van der Waals surface area contributed by atoms with Gasteiger partial charge < -0.3 is 14.6 Å². The van der Waals surface area contributed by atoms with Gasteiger partial charge in [0.25, 0.3) is 5.56 Å². The van der Waals surface area contributed by atoms with Crippen molar-refractivity contribution in [2.75, 3.05) is 13.7 Å². The maximum Gasteiger partial charge on any atom is 0.296 e. The van der Waals surface area contributed by atoms with Crippen molar-refractivity contribution in [1.29, 1.82) is 5.26 Å². The molecule has 2 aromatic carbocycles. The molecule has 10 nitrogen and oxygen atoms in total. The molecule has 4 aromatic rings. The topological polar surface area (TPSA) is 144 Å². The molecule has 11 heteroatoms. The number of rotatable bonds is 10. The van der Waals surface area contributed by atoms with E-state index in [0.717, 1.165) is 0 Å². The molecule has 0 aliphatic heterocycles. The van der Waals surface area contributed by atoms with Crippen LogP contribution in [0.1, 0.15) is 36.8 Å². The van der Waals surface area contributed by atoms with Crippen LogP contribution in [0.3, 0.4) is 0 Å². The monoisotopic (exact) mass is 560 g/mol. The summed E-state index contributed by atoms with van der Waals surface area (Å²) in [5, 5.41) is 20.8. The highest BCUT2D eigenvalue weighted by Gasteiger charge is 2.32. The van der Waals surface area contributed by atoms with Gasteiger partial charge in [0, 0.05) is 25.1 Å². The minimum Gasteiger partial charge on any atom is -0.493 e. The van der Waals surface area contributed by atoms with E-state index in [1.165, 1.54) is 48.3 Å². The first kappa shape index (κ1) is 28.6. The number of aromatic hydroxyl groups is 1. The van der Waals surface area contributed by atoms with Gasteiger partial charge in [-0.05, 0) is 43.2 Å². The zero-order valence-corrected chi connectivity index (χ0v) is 23.0. The molecular formula is C29H28N4O6S. The number of methoxy groups -OCH3 is 1. The first-order chi connectivity index (χ1) is 19.2. The molecule has 1 N–H and O–H groups in total. The molecule has 2 heterocycles. The number of pyridine rings is 1. The molecule has 0 saturated heterocycles. The van der Waals surface area contributed by atoms with Crippen molar-refractivity contribution >= 4 is 9.84 Å². The lowest BCUT2D eigenvalue weighted by Crippen LogP contribution is -2.29. The minimum absolute atomic E-state index is 0.0537. The second-order valence-electron chi connectivity index (χ2n) is 9.16. The van der Waals surface area contributed by atoms with Crippen molar-refractivity contribution in [3.8, 4) is 23.1 Å². The van der Waals surface area contributed by atoms with Gasteiger partial charge in [-0.25, -0.2) is 8.42 Å². The van der Waals surface area contributed by atoms with E-state index in [1.54, 1.807) is 44.2 Å². The van der Waals surface area contributed by atoms with E-state index in [-0.39, 0.29) is 30.0 Å². The van der Waals surface area contributed by atoms with Gasteiger partial charge in [0.15, 0.2) is 4.90 Å². The largest absolute Gasteiger partial charge is 0.493 e. The number of hydrogen-bond donors (Lipinski definition) is 1. The number of aromatic nitrogens is 3. The summed E-state index contributed by atoms with van der Waals surface area (Å²) in [6.07, 6.45) is 2.73. The maximum atomic E-state index is 13.8. The zero-order valence-electron chi connectivity index (χ0n) is 22.2. The quantitative estimate of drug-likeness (QED) is 0.305. The fraction of sp³-hybridized carbons (Fsp3) is 0.241. The van der Waals surface area contributed by atoms with Crippen LogP contribution in [0.25, 0.3) is 11.1 Å². The van der Waals surface area contributed by atoms with Gasteiger partial charge in [-0.3, -0.25) is 14.3 Å². The Hall–Kier alpha value is -4.37. The number of hydrogen-bond acceptors (Lipinski definition) is 9. The van der Waals surface area contributed by atoms with E-state index in [2.05, 4.69) is 16.0 Å². The average Bonchev–Trinajstić information content (AvgIpc) is 2.95. The lowest BCUT2D eigenvalue weighted by molar-refractivity contribution is 0.0554. The van der Waals surface area contributed by atoms with Crippen LogP contribution in [0.4, 0.5) is 0 Å². The summed E-state index contributed by atoms with van der Waals surface area (Å²) in [5.41, 5.74) is 1.09. The Balaban J connectivity index is 1.88. The van der Waals surface area contributed by atoms with Crippen molar-refractivity contribution < 1.29 is 23.0 Å². The van der Waals surface area contributed by atoms with Gasteiger partial charge in [-0.2, -0.15) is 10.2 Å². The third-order valence-corrected chi connectivity index (χ3v) is 7.97. The van der Waals surface area contributed by atoms with E-state index < -0.39 is 32.2 Å². The van der Waals surface area contributed by atoms with Crippen molar-refractivity contribution in [2.24, 2.45) is 0 Å². The summed E-state index contributed by atoms with van der Waals surface area (Å²) in [4.78, 5) is 20.1. The molecule has 1 atom stereocenters. The van der Waals surface area contributed by atoms with E-state index in [9.17, 15) is 23.6 Å². The average molecular weight is 561 g/mol. The molecule has 0 aliphatic rings. The molecule has 206 valence electrons. The molecule has 0 bridgehead atoms. The van der Waals surface area contributed by atoms with Crippen LogP contribution in [0.15, 0.2) is 87.6 Å². The molecule has 0 unspecified atom stereocenters. The molecule has 0 amide bonds. The molecule has 0 radical (unpaired) electrons. The lowest BCUT2D eigenvalue weighted by atomic mass is 10.0. The van der Waals surface area contributed by atoms with Gasteiger partial charge in [0.05, 0.1) is 29.2 Å². The van der Waals surface area contributed by atoms with Crippen molar-refractivity contribution in [1.82, 2.24) is 14.5 Å². The SMILES string of the molecule is COC[C@@H](c1ccccc1)n1c(COC(C)C)nc(=O)c(S(=O)(=O)c2ccc(-c3ccncc3C#N)cc2)c1O. The van der Waals surface area contributed by atoms with E-state index in [0.29, 0.717) is 22.3 Å². The number of benzene rings is 2. The predicted molar refractivity (Wildman–Crippen MR) is 146 cm³/mol. The number of sulfone groups is 1. The van der Waals surface area contributed by atoms with Gasteiger partial charge in [-0.1, -0.05) is 42.5 Å². The Kier molecular flexibility index (Phi) is 8.74. The molecule has 40 heavy (non-hydrogen) atoms. The Labute approximate surface area is 232 Å². The summed E-state index contributed by atoms with van der Waals surface area (Å²) in [7, 11) is -3.04. The summed E-state index contributed by atoms with van der Waals surface area (Å²) in [6.45, 7) is 3.52. The number of nitrogens with zero attached hydrogens (tertiary/aromatic N) is 4. The minimum atomic E-state index is -4.52. The molecule has 0 saturated carbocycles. The Bertz CT molecular complexity index is 1700. The van der Waals surface area contributed by atoms with Crippen LogP contribution in [0.5, 0.6) is 5.88 Å². The first-order valence-corrected chi connectivity index (χ1v) is 13.9. The van der Waals surface area contributed by atoms with Crippen LogP contribution in [0, 0.1) is 11.3 Å². The molecule has 4 rings (SSSR count). The number of nitriles is 1. The summed E-state index contributed by atoms with van der Waals surface area (Å²) in [6, 6.07) is 17.7. The molecular weight excluding hydrogens is 532 g/mol. The van der Waals surface area contributed by atoms with Gasteiger partial charge in [-0.15, -0.1) is 0 Å². The van der Waals surface area contributed by atoms with Crippen LogP contribution in [0.2, 0.25) is 0 Å². The third kappa shape index (κ3) is 5.79. The van der Waals surface area contributed by atoms with Crippen molar-refractivity contribution in [2.45, 2.75) is 42.4 Å². The summed E-state index contributed by atoms with van der Waals surface area (Å²) >= 11 is 0. The predicted octanol–water partition coefficient (Wildman–Crippen LogP) is 3.88. The van der Waals surface area contributed by atoms with Gasteiger partial charge in [0.2, 0.25) is 15.7 Å². The Morgan fingerprint density at radius 3 is 2.40 bits per heavy atom. The maximum absolute atomic E-state index is 13.8. The highest BCUT2D eigenvalue weighted by atomic mass is 32.2.